The average Bonchev–Trinajstić information content (AvgIpc) is 2.73. The van der Waals surface area contributed by atoms with Crippen molar-refractivity contribution >= 4 is 17.7 Å². The van der Waals surface area contributed by atoms with Crippen LogP contribution < -0.4 is 10.2 Å². The minimum Gasteiger partial charge on any atom is -0.465 e. The highest BCUT2D eigenvalue weighted by molar-refractivity contribution is 5.86. The van der Waals surface area contributed by atoms with Crippen LogP contribution >= 0.6 is 0 Å². The van der Waals surface area contributed by atoms with Gasteiger partial charge < -0.3 is 20.2 Å². The van der Waals surface area contributed by atoms with Crippen molar-refractivity contribution in [1.82, 2.24) is 10.2 Å². The molecule has 1 atom stereocenters. The smallest absolute Gasteiger partial charge is 0.405 e. The van der Waals surface area contributed by atoms with Gasteiger partial charge in [0.15, 0.2) is 0 Å². The molecule has 1 saturated heterocycles. The molecule has 3 rings (SSSR count). The average molecular weight is 378 g/mol. The van der Waals surface area contributed by atoms with Gasteiger partial charge in [0.25, 0.3) is 0 Å². The predicted octanol–water partition coefficient (Wildman–Crippen LogP) is 2.09. The fourth-order valence-corrected chi connectivity index (χ4v) is 3.40. The first-order valence-corrected chi connectivity index (χ1v) is 9.14. The Kier molecular flexibility index (Phi) is 6.12. The number of carboxylic acid groups (broad SMARTS) is 1. The van der Waals surface area contributed by atoms with E-state index in [0.717, 1.165) is 11.3 Å². The molecule has 1 aliphatic heterocycles. The zero-order valence-corrected chi connectivity index (χ0v) is 15.4. The van der Waals surface area contributed by atoms with Crippen LogP contribution in [0.1, 0.15) is 11.1 Å². The summed E-state index contributed by atoms with van der Waals surface area (Å²) in [6.45, 7) is 2.45. The van der Waals surface area contributed by atoms with E-state index in [1.54, 1.807) is 29.2 Å². The van der Waals surface area contributed by atoms with Crippen LogP contribution in [0.5, 0.6) is 0 Å². The van der Waals surface area contributed by atoms with E-state index in [2.05, 4.69) is 16.3 Å². The van der Waals surface area contributed by atoms with Crippen molar-refractivity contribution < 1.29 is 14.7 Å². The number of nitrogens with zero attached hydrogens (tertiary/aromatic N) is 3. The van der Waals surface area contributed by atoms with Gasteiger partial charge in [0, 0.05) is 38.3 Å². The first-order valence-electron chi connectivity index (χ1n) is 9.14. The third-order valence-corrected chi connectivity index (χ3v) is 4.80. The molecule has 144 valence electrons. The third kappa shape index (κ3) is 4.80. The summed E-state index contributed by atoms with van der Waals surface area (Å²) in [6, 6.07) is 18.0. The maximum atomic E-state index is 13.0. The molecule has 2 aromatic rings. The van der Waals surface area contributed by atoms with Crippen LogP contribution in [0.15, 0.2) is 54.6 Å². The van der Waals surface area contributed by atoms with E-state index in [-0.39, 0.29) is 12.3 Å². The number of amides is 2. The Labute approximate surface area is 163 Å². The molecule has 1 heterocycles. The number of carbonyl (C=O) groups is 2. The summed E-state index contributed by atoms with van der Waals surface area (Å²) in [5, 5.41) is 20.5. The van der Waals surface area contributed by atoms with Crippen molar-refractivity contribution in [3.8, 4) is 6.07 Å². The summed E-state index contributed by atoms with van der Waals surface area (Å²) < 4.78 is 0. The standard InChI is InChI=1S/C21H22N4O3/c22-15-17-6-4-5-16(13-17)14-19(23-21(27)28)20(26)25-11-9-24(10-12-25)18-7-2-1-3-8-18/h1-8,13,19,23H,9-12,14H2,(H,27,28). The van der Waals surface area contributed by atoms with Crippen LogP contribution in [-0.4, -0.2) is 54.2 Å². The molecule has 1 unspecified atom stereocenters. The van der Waals surface area contributed by atoms with Gasteiger partial charge in [0.05, 0.1) is 11.6 Å². The van der Waals surface area contributed by atoms with Gasteiger partial charge in [-0.05, 0) is 29.8 Å². The molecule has 0 bridgehead atoms. The Morgan fingerprint density at radius 2 is 1.79 bits per heavy atom. The molecule has 7 heteroatoms. The van der Waals surface area contributed by atoms with Crippen molar-refractivity contribution in [2.75, 3.05) is 31.1 Å². The summed E-state index contributed by atoms with van der Waals surface area (Å²) in [7, 11) is 0. The van der Waals surface area contributed by atoms with Crippen LogP contribution in [0.3, 0.4) is 0 Å². The molecular formula is C21H22N4O3. The number of benzene rings is 2. The van der Waals surface area contributed by atoms with E-state index < -0.39 is 12.1 Å². The number of para-hydroxylation sites is 1. The van der Waals surface area contributed by atoms with Gasteiger partial charge in [-0.1, -0.05) is 30.3 Å². The van der Waals surface area contributed by atoms with Crippen molar-refractivity contribution in [2.45, 2.75) is 12.5 Å². The first kappa shape index (κ1) is 19.2. The maximum Gasteiger partial charge on any atom is 0.405 e. The second-order valence-corrected chi connectivity index (χ2v) is 6.67. The van der Waals surface area contributed by atoms with E-state index in [9.17, 15) is 9.59 Å². The minimum atomic E-state index is -1.24. The summed E-state index contributed by atoms with van der Waals surface area (Å²) >= 11 is 0. The van der Waals surface area contributed by atoms with Gasteiger partial charge in [-0.2, -0.15) is 5.26 Å². The van der Waals surface area contributed by atoms with Gasteiger partial charge in [0.2, 0.25) is 5.91 Å². The monoisotopic (exact) mass is 378 g/mol. The highest BCUT2D eigenvalue weighted by Crippen LogP contribution is 2.17. The van der Waals surface area contributed by atoms with Crippen LogP contribution in [0.25, 0.3) is 0 Å². The first-order chi connectivity index (χ1) is 13.6. The SMILES string of the molecule is N#Cc1cccc(CC(NC(=O)O)C(=O)N2CCN(c3ccccc3)CC2)c1. The number of carbonyl (C=O) groups excluding carboxylic acids is 1. The summed E-state index contributed by atoms with van der Waals surface area (Å²) in [4.78, 5) is 28.1. The molecule has 2 aromatic carbocycles. The summed E-state index contributed by atoms with van der Waals surface area (Å²) in [5.74, 6) is -0.238. The van der Waals surface area contributed by atoms with E-state index in [4.69, 9.17) is 10.4 Å². The molecule has 2 amide bonds. The van der Waals surface area contributed by atoms with Gasteiger partial charge in [0.1, 0.15) is 6.04 Å². The van der Waals surface area contributed by atoms with Gasteiger partial charge >= 0.3 is 6.09 Å². The molecule has 0 aromatic heterocycles. The lowest BCUT2D eigenvalue weighted by atomic mass is 10.0. The van der Waals surface area contributed by atoms with Gasteiger partial charge in [-0.3, -0.25) is 4.79 Å². The number of piperazine rings is 1. The van der Waals surface area contributed by atoms with Crippen LogP contribution in [0.4, 0.5) is 10.5 Å². The van der Waals surface area contributed by atoms with Crippen LogP contribution in [-0.2, 0) is 11.2 Å². The van der Waals surface area contributed by atoms with Crippen molar-refractivity contribution in [2.24, 2.45) is 0 Å². The van der Waals surface area contributed by atoms with E-state index in [0.29, 0.717) is 31.7 Å². The normalized spacial score (nSPS) is 14.8. The Balaban J connectivity index is 1.66. The van der Waals surface area contributed by atoms with E-state index in [1.807, 2.05) is 30.3 Å². The number of nitriles is 1. The highest BCUT2D eigenvalue weighted by Gasteiger charge is 2.29. The Hall–Kier alpha value is -3.53. The fraction of sp³-hybridized carbons (Fsp3) is 0.286. The predicted molar refractivity (Wildman–Crippen MR) is 105 cm³/mol. The number of nitrogens with one attached hydrogen (secondary N) is 1. The Morgan fingerprint density at radius 1 is 1.07 bits per heavy atom. The topological polar surface area (TPSA) is 96.7 Å². The maximum absolute atomic E-state index is 13.0. The summed E-state index contributed by atoms with van der Waals surface area (Å²) in [6.07, 6.45) is -1.03. The fourth-order valence-electron chi connectivity index (χ4n) is 3.40. The number of hydrogen-bond donors (Lipinski definition) is 2. The summed E-state index contributed by atoms with van der Waals surface area (Å²) in [5.41, 5.74) is 2.34. The van der Waals surface area contributed by atoms with Crippen molar-refractivity contribution in [3.63, 3.8) is 0 Å². The number of rotatable bonds is 5. The van der Waals surface area contributed by atoms with Crippen molar-refractivity contribution in [3.05, 3.63) is 65.7 Å². The molecule has 28 heavy (non-hydrogen) atoms. The second kappa shape index (κ2) is 8.91. The Bertz CT molecular complexity index is 871. The molecule has 7 nitrogen and oxygen atoms in total. The minimum absolute atomic E-state index is 0.208. The van der Waals surface area contributed by atoms with E-state index >= 15 is 0 Å². The van der Waals surface area contributed by atoms with Crippen molar-refractivity contribution in [1.29, 1.82) is 5.26 Å². The molecular weight excluding hydrogens is 356 g/mol. The lowest BCUT2D eigenvalue weighted by Gasteiger charge is -2.37. The lowest BCUT2D eigenvalue weighted by molar-refractivity contribution is -0.133. The van der Waals surface area contributed by atoms with E-state index in [1.165, 1.54) is 0 Å². The molecule has 0 aliphatic carbocycles. The highest BCUT2D eigenvalue weighted by atomic mass is 16.4. The third-order valence-electron chi connectivity index (χ3n) is 4.80. The number of hydrogen-bond acceptors (Lipinski definition) is 4. The molecule has 1 aliphatic rings. The Morgan fingerprint density at radius 3 is 2.43 bits per heavy atom. The second-order valence-electron chi connectivity index (χ2n) is 6.67. The molecule has 1 fully saturated rings. The van der Waals surface area contributed by atoms with Crippen LogP contribution in [0, 0.1) is 11.3 Å². The number of anilines is 1. The molecule has 0 radical (unpaired) electrons. The van der Waals surface area contributed by atoms with Crippen LogP contribution in [0.2, 0.25) is 0 Å². The molecule has 0 saturated carbocycles. The van der Waals surface area contributed by atoms with Gasteiger partial charge in [-0.25, -0.2) is 4.79 Å². The van der Waals surface area contributed by atoms with Gasteiger partial charge in [-0.15, -0.1) is 0 Å². The quantitative estimate of drug-likeness (QED) is 0.830. The largest absolute Gasteiger partial charge is 0.465 e. The lowest BCUT2D eigenvalue weighted by Crippen LogP contribution is -2.55. The molecule has 0 spiro atoms. The molecule has 2 N–H and O–H groups in total. The zero-order chi connectivity index (χ0) is 19.9. The zero-order valence-electron chi connectivity index (χ0n) is 15.4.